The zero-order chi connectivity index (χ0) is 27.1. The van der Waals surface area contributed by atoms with Crippen LogP contribution in [0, 0.1) is 0 Å². The molecule has 0 saturated heterocycles. The van der Waals surface area contributed by atoms with Gasteiger partial charge < -0.3 is 14.8 Å². The first kappa shape index (κ1) is 28.2. The van der Waals surface area contributed by atoms with E-state index in [-0.39, 0.29) is 24.2 Å². The number of anilines is 1. The minimum atomic E-state index is -0.431. The lowest BCUT2D eigenvalue weighted by molar-refractivity contribution is -0.113. The summed E-state index contributed by atoms with van der Waals surface area (Å²) in [7, 11) is 0. The second kappa shape index (κ2) is 13.3. The molecule has 38 heavy (non-hydrogen) atoms. The van der Waals surface area contributed by atoms with Crippen molar-refractivity contribution in [2.45, 2.75) is 63.8 Å². The van der Waals surface area contributed by atoms with Crippen molar-refractivity contribution in [2.75, 3.05) is 17.7 Å². The number of allylic oxidation sites excluding steroid dienone is 1. The third-order valence-electron chi connectivity index (χ3n) is 6.05. The number of halogens is 1. The second-order valence-electron chi connectivity index (χ2n) is 8.76. The summed E-state index contributed by atoms with van der Waals surface area (Å²) in [5.74, 6) is 0.638. The van der Waals surface area contributed by atoms with E-state index in [1.807, 2.05) is 23.6 Å². The fraction of sp³-hybridized carbons (Fsp3) is 0.407. The molecule has 1 aromatic carbocycles. The van der Waals surface area contributed by atoms with Crippen LogP contribution in [0.4, 0.5) is 5.00 Å². The number of benzene rings is 1. The third-order valence-corrected chi connectivity index (χ3v) is 8.53. The number of aromatic nitrogens is 3. The third kappa shape index (κ3) is 6.59. The Kier molecular flexibility index (Phi) is 9.87. The molecule has 3 aromatic rings. The number of carbonyl (C=O) groups is 2. The number of esters is 1. The molecule has 2 aromatic heterocycles. The molecule has 0 bridgehead atoms. The van der Waals surface area contributed by atoms with Gasteiger partial charge in [-0.2, -0.15) is 0 Å². The van der Waals surface area contributed by atoms with E-state index in [2.05, 4.69) is 22.1 Å². The zero-order valence-electron chi connectivity index (χ0n) is 21.5. The molecular weight excluding hydrogens is 544 g/mol. The molecule has 4 rings (SSSR count). The van der Waals surface area contributed by atoms with E-state index in [4.69, 9.17) is 21.1 Å². The lowest BCUT2D eigenvalue weighted by Gasteiger charge is -2.16. The first-order chi connectivity index (χ1) is 18.4. The van der Waals surface area contributed by atoms with Crippen molar-refractivity contribution in [3.8, 4) is 5.75 Å². The van der Waals surface area contributed by atoms with E-state index in [1.54, 1.807) is 25.1 Å². The lowest BCUT2D eigenvalue weighted by Crippen LogP contribution is -2.17. The van der Waals surface area contributed by atoms with Gasteiger partial charge in [0.05, 0.1) is 22.9 Å². The summed E-state index contributed by atoms with van der Waals surface area (Å²) in [4.78, 5) is 26.9. The molecule has 0 fully saturated rings. The number of fused-ring (bicyclic) bond motifs is 1. The van der Waals surface area contributed by atoms with E-state index in [0.29, 0.717) is 38.9 Å². The summed E-state index contributed by atoms with van der Waals surface area (Å²) >= 11 is 8.99. The van der Waals surface area contributed by atoms with Crippen molar-refractivity contribution in [1.82, 2.24) is 14.8 Å². The first-order valence-electron chi connectivity index (χ1n) is 12.6. The van der Waals surface area contributed by atoms with Crippen molar-refractivity contribution < 1.29 is 19.1 Å². The van der Waals surface area contributed by atoms with Crippen LogP contribution in [0.5, 0.6) is 5.75 Å². The fourth-order valence-corrected chi connectivity index (χ4v) is 6.56. The monoisotopic (exact) mass is 574 g/mol. The number of aryl methyl sites for hydroxylation is 1. The maximum atomic E-state index is 13.0. The van der Waals surface area contributed by atoms with Crippen molar-refractivity contribution in [2.24, 2.45) is 0 Å². The van der Waals surface area contributed by atoms with E-state index in [0.717, 1.165) is 42.5 Å². The average molecular weight is 575 g/mol. The summed E-state index contributed by atoms with van der Waals surface area (Å²) < 4.78 is 13.2. The number of hydrogen-bond acceptors (Lipinski definition) is 8. The summed E-state index contributed by atoms with van der Waals surface area (Å²) in [6.45, 7) is 8.22. The Morgan fingerprint density at radius 2 is 2.05 bits per heavy atom. The lowest BCUT2D eigenvalue weighted by atomic mass is 10.1. The maximum absolute atomic E-state index is 13.0. The van der Waals surface area contributed by atoms with Crippen LogP contribution in [-0.2, 0) is 28.9 Å². The predicted molar refractivity (Wildman–Crippen MR) is 152 cm³/mol. The predicted octanol–water partition coefficient (Wildman–Crippen LogP) is 6.50. The van der Waals surface area contributed by atoms with E-state index in [1.165, 1.54) is 23.1 Å². The Morgan fingerprint density at radius 3 is 2.82 bits per heavy atom. The molecule has 11 heteroatoms. The van der Waals surface area contributed by atoms with Crippen molar-refractivity contribution in [1.29, 1.82) is 0 Å². The number of nitrogens with one attached hydrogen (secondary N) is 1. The largest absolute Gasteiger partial charge is 0.481 e. The first-order valence-corrected chi connectivity index (χ1v) is 14.8. The minimum Gasteiger partial charge on any atom is -0.481 e. The zero-order valence-corrected chi connectivity index (χ0v) is 23.9. The van der Waals surface area contributed by atoms with Gasteiger partial charge in [-0.05, 0) is 57.2 Å². The van der Waals surface area contributed by atoms with Gasteiger partial charge in [0.1, 0.15) is 10.8 Å². The van der Waals surface area contributed by atoms with Gasteiger partial charge in [-0.1, -0.05) is 48.0 Å². The molecule has 0 radical (unpaired) electrons. The van der Waals surface area contributed by atoms with E-state index >= 15 is 0 Å². The number of carbonyl (C=O) groups excluding carboxylic acids is 2. The van der Waals surface area contributed by atoms with Crippen LogP contribution in [0.2, 0.25) is 5.02 Å². The highest BCUT2D eigenvalue weighted by atomic mass is 35.5. The molecule has 1 N–H and O–H groups in total. The standard InChI is InChI=1S/C27H31ClN4O4S2/c1-4-15-32-24(17(3)36-20-13-10-9-12-19(20)28)30-31-27(32)37-16-22(33)29-25-23(26(34)35-5-2)18-11-7-6-8-14-21(18)38-25/h4,9-10,12-13,17H,1,5-8,11,14-16H2,2-3H3,(H,29,33). The molecule has 1 unspecified atom stereocenters. The van der Waals surface area contributed by atoms with Crippen LogP contribution >= 0.6 is 34.7 Å². The smallest absolute Gasteiger partial charge is 0.341 e. The Bertz CT molecular complexity index is 1310. The van der Waals surface area contributed by atoms with E-state index in [9.17, 15) is 9.59 Å². The summed E-state index contributed by atoms with van der Waals surface area (Å²) in [6.07, 6.45) is 6.30. The molecule has 1 aliphatic rings. The number of thiophene rings is 1. The summed E-state index contributed by atoms with van der Waals surface area (Å²) in [6, 6.07) is 7.24. The maximum Gasteiger partial charge on any atom is 0.341 e. The number of amides is 1. The van der Waals surface area contributed by atoms with Gasteiger partial charge in [0.15, 0.2) is 17.1 Å². The Balaban J connectivity index is 1.47. The normalized spacial score (nSPS) is 13.8. The Labute approximate surface area is 235 Å². The number of rotatable bonds is 11. The van der Waals surface area contributed by atoms with Gasteiger partial charge in [-0.3, -0.25) is 9.36 Å². The highest BCUT2D eigenvalue weighted by Crippen LogP contribution is 2.38. The number of para-hydroxylation sites is 1. The van der Waals surface area contributed by atoms with Crippen LogP contribution in [0.25, 0.3) is 0 Å². The number of thioether (sulfide) groups is 1. The van der Waals surface area contributed by atoms with Crippen LogP contribution in [0.3, 0.4) is 0 Å². The molecule has 8 nitrogen and oxygen atoms in total. The van der Waals surface area contributed by atoms with Crippen molar-refractivity contribution in [3.63, 3.8) is 0 Å². The molecule has 1 atom stereocenters. The van der Waals surface area contributed by atoms with Gasteiger partial charge in [-0.15, -0.1) is 28.1 Å². The second-order valence-corrected chi connectivity index (χ2v) is 11.2. The number of ether oxygens (including phenoxy) is 2. The van der Waals surface area contributed by atoms with E-state index < -0.39 is 6.10 Å². The molecule has 0 saturated carbocycles. The van der Waals surface area contributed by atoms with Gasteiger partial charge >= 0.3 is 5.97 Å². The van der Waals surface area contributed by atoms with Crippen LogP contribution < -0.4 is 10.1 Å². The molecule has 1 aliphatic carbocycles. The van der Waals surface area contributed by atoms with Gasteiger partial charge in [0.2, 0.25) is 5.91 Å². The Morgan fingerprint density at radius 1 is 1.26 bits per heavy atom. The van der Waals surface area contributed by atoms with Gasteiger partial charge in [-0.25, -0.2) is 4.79 Å². The SMILES string of the molecule is C=CCn1c(SCC(=O)Nc2sc3c(c2C(=O)OCC)CCCCC3)nnc1C(C)Oc1ccccc1Cl. The highest BCUT2D eigenvalue weighted by molar-refractivity contribution is 7.99. The minimum absolute atomic E-state index is 0.0971. The molecule has 1 amide bonds. The van der Waals surface area contributed by atoms with Gasteiger partial charge in [0, 0.05) is 11.4 Å². The van der Waals surface area contributed by atoms with Crippen LogP contribution in [-0.4, -0.2) is 39.0 Å². The highest BCUT2D eigenvalue weighted by Gasteiger charge is 2.27. The molecule has 0 aliphatic heterocycles. The average Bonchev–Trinajstić information content (AvgIpc) is 3.37. The topological polar surface area (TPSA) is 95.3 Å². The summed E-state index contributed by atoms with van der Waals surface area (Å²) in [5.41, 5.74) is 1.53. The molecule has 2 heterocycles. The quantitative estimate of drug-likeness (QED) is 0.121. The van der Waals surface area contributed by atoms with Crippen molar-refractivity contribution >= 4 is 51.6 Å². The molecule has 0 spiro atoms. The fourth-order valence-electron chi connectivity index (χ4n) is 4.33. The Hall–Kier alpha value is -2.82. The number of nitrogens with zero attached hydrogens (tertiary/aromatic N) is 3. The van der Waals surface area contributed by atoms with Crippen LogP contribution in [0.15, 0.2) is 42.1 Å². The molecular formula is C27H31ClN4O4S2. The number of hydrogen-bond donors (Lipinski definition) is 1. The van der Waals surface area contributed by atoms with Gasteiger partial charge in [0.25, 0.3) is 0 Å². The van der Waals surface area contributed by atoms with Crippen molar-refractivity contribution in [3.05, 3.63) is 63.8 Å². The summed E-state index contributed by atoms with van der Waals surface area (Å²) in [5, 5.41) is 13.2. The molecule has 202 valence electrons. The van der Waals surface area contributed by atoms with Crippen LogP contribution in [0.1, 0.15) is 65.8 Å².